The van der Waals surface area contributed by atoms with E-state index in [1.807, 2.05) is 20.8 Å². The predicted molar refractivity (Wildman–Crippen MR) is 65.8 cm³/mol. The number of ether oxygens (including phenoxy) is 1. The Kier molecular flexibility index (Phi) is 4.46. The summed E-state index contributed by atoms with van der Waals surface area (Å²) in [5, 5.41) is 8.81. The Bertz CT molecular complexity index is 486. The molecule has 19 heavy (non-hydrogen) atoms. The summed E-state index contributed by atoms with van der Waals surface area (Å²) in [6, 6.07) is 6.06. The molecule has 0 aromatic heterocycles. The zero-order valence-electron chi connectivity index (χ0n) is 11.1. The van der Waals surface area contributed by atoms with Crippen molar-refractivity contribution in [3.05, 3.63) is 29.3 Å². The highest BCUT2D eigenvalue weighted by molar-refractivity contribution is 5.47. The third-order valence-corrected chi connectivity index (χ3v) is 2.98. The fourth-order valence-corrected chi connectivity index (χ4v) is 2.01. The summed E-state index contributed by atoms with van der Waals surface area (Å²) in [5.74, 6) is -0.434. The molecule has 0 atom stereocenters. The van der Waals surface area contributed by atoms with Crippen LogP contribution in [0.25, 0.3) is 0 Å². The van der Waals surface area contributed by atoms with E-state index in [0.717, 1.165) is 18.4 Å². The molecule has 0 aliphatic heterocycles. The molecule has 1 aromatic carbocycles. The van der Waals surface area contributed by atoms with Crippen molar-refractivity contribution in [2.24, 2.45) is 0 Å². The highest BCUT2D eigenvalue weighted by Gasteiger charge is 2.33. The fourth-order valence-electron chi connectivity index (χ4n) is 2.01. The van der Waals surface area contributed by atoms with Crippen LogP contribution in [-0.2, 0) is 5.41 Å². The van der Waals surface area contributed by atoms with Crippen molar-refractivity contribution in [2.75, 3.05) is 0 Å². The van der Waals surface area contributed by atoms with Crippen molar-refractivity contribution in [3.63, 3.8) is 0 Å². The molecule has 0 fully saturated rings. The number of hydrogen-bond donors (Lipinski definition) is 0. The maximum Gasteiger partial charge on any atom is 0.573 e. The molecule has 5 heteroatoms. The molecule has 0 saturated heterocycles. The lowest BCUT2D eigenvalue weighted by atomic mass is 9.80. The molecule has 0 amide bonds. The summed E-state index contributed by atoms with van der Waals surface area (Å²) < 4.78 is 40.8. The Balaban J connectivity index is 3.19. The molecule has 0 spiro atoms. The number of nitriles is 1. The minimum atomic E-state index is -4.79. The van der Waals surface area contributed by atoms with Gasteiger partial charge in [-0.1, -0.05) is 33.3 Å². The first-order valence-electron chi connectivity index (χ1n) is 6.00. The van der Waals surface area contributed by atoms with Gasteiger partial charge in [-0.15, -0.1) is 13.2 Å². The molecule has 1 aromatic rings. The minimum Gasteiger partial charge on any atom is -0.404 e. The summed E-state index contributed by atoms with van der Waals surface area (Å²) >= 11 is 0. The average Bonchev–Trinajstić information content (AvgIpc) is 2.26. The van der Waals surface area contributed by atoms with Crippen LogP contribution in [0.1, 0.15) is 44.7 Å². The van der Waals surface area contributed by atoms with Crippen molar-refractivity contribution < 1.29 is 17.9 Å². The van der Waals surface area contributed by atoms with E-state index >= 15 is 0 Å². The van der Waals surface area contributed by atoms with Gasteiger partial charge in [-0.25, -0.2) is 0 Å². The third-order valence-electron chi connectivity index (χ3n) is 2.98. The summed E-state index contributed by atoms with van der Waals surface area (Å²) in [4.78, 5) is 0. The first-order chi connectivity index (χ1) is 8.69. The largest absolute Gasteiger partial charge is 0.573 e. The van der Waals surface area contributed by atoms with E-state index in [9.17, 15) is 13.2 Å². The third kappa shape index (κ3) is 4.16. The van der Waals surface area contributed by atoms with Gasteiger partial charge in [0.1, 0.15) is 11.8 Å². The van der Waals surface area contributed by atoms with Gasteiger partial charge in [0.2, 0.25) is 0 Å². The molecule has 0 aliphatic rings. The van der Waals surface area contributed by atoms with Gasteiger partial charge in [0.05, 0.1) is 5.56 Å². The predicted octanol–water partition coefficient (Wildman–Crippen LogP) is 4.53. The van der Waals surface area contributed by atoms with E-state index in [0.29, 0.717) is 0 Å². The molecule has 0 unspecified atom stereocenters. The Morgan fingerprint density at radius 1 is 1.26 bits per heavy atom. The van der Waals surface area contributed by atoms with Crippen LogP contribution in [0.4, 0.5) is 13.2 Å². The second-order valence-corrected chi connectivity index (χ2v) is 5.00. The van der Waals surface area contributed by atoms with Crippen LogP contribution in [0, 0.1) is 11.3 Å². The molecule has 0 saturated carbocycles. The maximum atomic E-state index is 12.3. The molecule has 2 nitrogen and oxygen atoms in total. The van der Waals surface area contributed by atoms with E-state index in [1.165, 1.54) is 12.1 Å². The number of rotatable bonds is 4. The van der Waals surface area contributed by atoms with E-state index < -0.39 is 12.1 Å². The van der Waals surface area contributed by atoms with Gasteiger partial charge in [-0.3, -0.25) is 0 Å². The molecular formula is C14H16F3NO. The molecule has 104 valence electrons. The van der Waals surface area contributed by atoms with Crippen LogP contribution in [-0.4, -0.2) is 6.36 Å². The minimum absolute atomic E-state index is 0.117. The molecule has 0 N–H and O–H groups in total. The monoisotopic (exact) mass is 271 g/mol. The lowest BCUT2D eigenvalue weighted by Gasteiger charge is -2.25. The smallest absolute Gasteiger partial charge is 0.404 e. The summed E-state index contributed by atoms with van der Waals surface area (Å²) in [6.45, 7) is 5.92. The van der Waals surface area contributed by atoms with Crippen molar-refractivity contribution in [3.8, 4) is 11.8 Å². The van der Waals surface area contributed by atoms with Crippen molar-refractivity contribution in [2.45, 2.75) is 45.4 Å². The van der Waals surface area contributed by atoms with Crippen molar-refractivity contribution in [1.29, 1.82) is 5.26 Å². The second-order valence-electron chi connectivity index (χ2n) is 5.00. The normalized spacial score (nSPS) is 12.1. The Morgan fingerprint density at radius 2 is 1.89 bits per heavy atom. The Hall–Kier alpha value is -1.70. The summed E-state index contributed by atoms with van der Waals surface area (Å²) in [5.41, 5.74) is 0.355. The highest BCUT2D eigenvalue weighted by Crippen LogP contribution is 2.34. The van der Waals surface area contributed by atoms with Gasteiger partial charge < -0.3 is 4.74 Å². The average molecular weight is 271 g/mol. The maximum absolute atomic E-state index is 12.3. The van der Waals surface area contributed by atoms with Crippen LogP contribution in [0.3, 0.4) is 0 Å². The van der Waals surface area contributed by atoms with Gasteiger partial charge in [0.15, 0.2) is 0 Å². The van der Waals surface area contributed by atoms with Crippen LogP contribution >= 0.6 is 0 Å². The van der Waals surface area contributed by atoms with Crippen LogP contribution < -0.4 is 4.74 Å². The molecule has 0 aliphatic carbocycles. The number of hydrogen-bond acceptors (Lipinski definition) is 2. The molecular weight excluding hydrogens is 255 g/mol. The highest BCUT2D eigenvalue weighted by atomic mass is 19.4. The fraction of sp³-hybridized carbons (Fsp3) is 0.500. The Morgan fingerprint density at radius 3 is 2.37 bits per heavy atom. The molecule has 1 rings (SSSR count). The van der Waals surface area contributed by atoms with Crippen molar-refractivity contribution in [1.82, 2.24) is 0 Å². The molecule has 0 heterocycles. The van der Waals surface area contributed by atoms with E-state index in [2.05, 4.69) is 4.74 Å². The quantitative estimate of drug-likeness (QED) is 0.805. The standard InChI is InChI=1S/C14H16F3NO/c1-4-7-13(2,3)11-6-5-10(9-18)12(8-11)19-14(15,16)17/h5-6,8H,4,7H2,1-3H3. The summed E-state index contributed by atoms with van der Waals surface area (Å²) in [6.07, 6.45) is -3.04. The van der Waals surface area contributed by atoms with Gasteiger partial charge >= 0.3 is 6.36 Å². The first-order valence-corrected chi connectivity index (χ1v) is 6.00. The van der Waals surface area contributed by atoms with Crippen LogP contribution in [0.5, 0.6) is 5.75 Å². The lowest BCUT2D eigenvalue weighted by molar-refractivity contribution is -0.274. The van der Waals surface area contributed by atoms with Gasteiger partial charge in [-0.2, -0.15) is 5.26 Å². The molecule has 0 radical (unpaired) electrons. The summed E-state index contributed by atoms with van der Waals surface area (Å²) in [7, 11) is 0. The van der Waals surface area contributed by atoms with E-state index in [-0.39, 0.29) is 11.0 Å². The SMILES string of the molecule is CCCC(C)(C)c1ccc(C#N)c(OC(F)(F)F)c1. The zero-order chi connectivity index (χ0) is 14.7. The second kappa shape index (κ2) is 5.52. The number of nitrogens with zero attached hydrogens (tertiary/aromatic N) is 1. The van der Waals surface area contributed by atoms with Crippen LogP contribution in [0.2, 0.25) is 0 Å². The van der Waals surface area contributed by atoms with Crippen LogP contribution in [0.15, 0.2) is 18.2 Å². The van der Waals surface area contributed by atoms with Gasteiger partial charge in [0, 0.05) is 0 Å². The van der Waals surface area contributed by atoms with Gasteiger partial charge in [-0.05, 0) is 29.5 Å². The Labute approximate surface area is 110 Å². The van der Waals surface area contributed by atoms with E-state index in [1.54, 1.807) is 12.1 Å². The zero-order valence-corrected chi connectivity index (χ0v) is 11.1. The topological polar surface area (TPSA) is 33.0 Å². The number of benzene rings is 1. The van der Waals surface area contributed by atoms with E-state index in [4.69, 9.17) is 5.26 Å². The number of halogens is 3. The van der Waals surface area contributed by atoms with Gasteiger partial charge in [0.25, 0.3) is 0 Å². The first kappa shape index (κ1) is 15.4. The number of alkyl halides is 3. The van der Waals surface area contributed by atoms with Crippen molar-refractivity contribution >= 4 is 0 Å². The lowest BCUT2D eigenvalue weighted by Crippen LogP contribution is -2.20. The molecule has 0 bridgehead atoms.